The van der Waals surface area contributed by atoms with Gasteiger partial charge >= 0.3 is 11.9 Å². The fraction of sp³-hybridized carbons (Fsp3) is 0.200. The van der Waals surface area contributed by atoms with Crippen LogP contribution in [0.2, 0.25) is 0 Å². The minimum absolute atomic E-state index is 0.00681. The molecule has 2 N–H and O–H groups in total. The molecular formula is C15H13F3N3O2PS. The lowest BCUT2D eigenvalue weighted by molar-refractivity contribution is -0.137. The highest BCUT2D eigenvalue weighted by atomic mass is 32.2. The molecule has 2 heterocycles. The molecule has 1 aliphatic rings. The van der Waals surface area contributed by atoms with Crippen molar-refractivity contribution in [3.63, 3.8) is 0 Å². The first-order chi connectivity index (χ1) is 11.8. The van der Waals surface area contributed by atoms with Crippen molar-refractivity contribution in [3.05, 3.63) is 62.1 Å². The van der Waals surface area contributed by atoms with Gasteiger partial charge in [-0.3, -0.25) is 9.63 Å². The quantitative estimate of drug-likeness (QED) is 0.627. The van der Waals surface area contributed by atoms with E-state index in [1.54, 1.807) is 24.2 Å². The van der Waals surface area contributed by atoms with Gasteiger partial charge in [-0.15, -0.1) is 0 Å². The summed E-state index contributed by atoms with van der Waals surface area (Å²) in [6, 6.07) is 2.02. The van der Waals surface area contributed by atoms with E-state index in [0.29, 0.717) is 14.2 Å². The molecule has 0 saturated heterocycles. The van der Waals surface area contributed by atoms with Crippen molar-refractivity contribution in [2.45, 2.75) is 6.18 Å². The number of hydrogen-bond donors (Lipinski definition) is 2. The second-order valence-electron chi connectivity index (χ2n) is 5.22. The summed E-state index contributed by atoms with van der Waals surface area (Å²) in [5.41, 5.74) is -2.20. The molecule has 0 radical (unpaired) electrons. The SMILES string of the molecule is CSNn1c(=O)[nH]c2cc(C(F)(F)F)c(C3=CPCC=C3)cc2c1=O. The van der Waals surface area contributed by atoms with Crippen molar-refractivity contribution in [3.8, 4) is 0 Å². The summed E-state index contributed by atoms with van der Waals surface area (Å²) in [6.45, 7) is 0. The van der Waals surface area contributed by atoms with Gasteiger partial charge in [0.05, 0.1) is 16.5 Å². The lowest BCUT2D eigenvalue weighted by atomic mass is 9.97. The third-order valence-electron chi connectivity index (χ3n) is 3.63. The molecule has 0 aliphatic carbocycles. The fourth-order valence-electron chi connectivity index (χ4n) is 2.55. The van der Waals surface area contributed by atoms with Crippen LogP contribution in [0.25, 0.3) is 16.5 Å². The molecule has 1 aromatic heterocycles. The van der Waals surface area contributed by atoms with Crippen molar-refractivity contribution in [1.29, 1.82) is 0 Å². The summed E-state index contributed by atoms with van der Waals surface area (Å²) in [7, 11) is 0.384. The maximum absolute atomic E-state index is 13.5. The van der Waals surface area contributed by atoms with E-state index in [-0.39, 0.29) is 16.5 Å². The zero-order valence-corrected chi connectivity index (χ0v) is 14.7. The minimum Gasteiger partial charge on any atom is -0.305 e. The van der Waals surface area contributed by atoms with Gasteiger partial charge < -0.3 is 4.98 Å². The molecule has 0 fully saturated rings. The predicted octanol–water partition coefficient (Wildman–Crippen LogP) is 3.12. The molecule has 1 aliphatic heterocycles. The highest BCUT2D eigenvalue weighted by Gasteiger charge is 2.35. The summed E-state index contributed by atoms with van der Waals surface area (Å²) in [5.74, 6) is 1.74. The molecule has 0 saturated carbocycles. The molecule has 0 amide bonds. The van der Waals surface area contributed by atoms with Gasteiger partial charge in [-0.1, -0.05) is 26.5 Å². The van der Waals surface area contributed by atoms with E-state index in [2.05, 4.69) is 9.82 Å². The van der Waals surface area contributed by atoms with Crippen LogP contribution in [0, 0.1) is 0 Å². The standard InChI is InChI=1S/C15H13F3N3O2PS/c1-25-20-21-13(22)10-5-9(8-3-2-4-24-7-8)11(15(16,17)18)6-12(10)19-14(21)23/h2-3,5-7,20,24H,4H2,1H3,(H,19,23). The van der Waals surface area contributed by atoms with Crippen LogP contribution in [0.15, 0.2) is 39.7 Å². The van der Waals surface area contributed by atoms with E-state index in [1.165, 1.54) is 6.07 Å². The van der Waals surface area contributed by atoms with Crippen molar-refractivity contribution >= 4 is 37.0 Å². The zero-order chi connectivity index (χ0) is 18.2. The van der Waals surface area contributed by atoms with Gasteiger partial charge in [0.25, 0.3) is 5.56 Å². The number of nitrogens with zero attached hydrogens (tertiary/aromatic N) is 1. The number of halogens is 3. The maximum Gasteiger partial charge on any atom is 0.417 e. The maximum atomic E-state index is 13.5. The van der Waals surface area contributed by atoms with E-state index in [4.69, 9.17) is 0 Å². The number of aromatic amines is 1. The number of nitrogens with one attached hydrogen (secondary N) is 2. The zero-order valence-electron chi connectivity index (χ0n) is 12.9. The minimum atomic E-state index is -4.61. The Labute approximate surface area is 145 Å². The second-order valence-corrected chi connectivity index (χ2v) is 6.91. The fourth-order valence-corrected chi connectivity index (χ4v) is 3.74. The van der Waals surface area contributed by atoms with Gasteiger partial charge in [0.15, 0.2) is 0 Å². The van der Waals surface area contributed by atoms with Crippen LogP contribution in [0.5, 0.6) is 0 Å². The van der Waals surface area contributed by atoms with Crippen LogP contribution >= 0.6 is 20.5 Å². The number of alkyl halides is 3. The van der Waals surface area contributed by atoms with E-state index in [1.807, 2.05) is 0 Å². The summed E-state index contributed by atoms with van der Waals surface area (Å²) < 4.78 is 41.2. The molecule has 1 atom stereocenters. The Balaban J connectivity index is 2.36. The van der Waals surface area contributed by atoms with E-state index in [0.717, 1.165) is 28.9 Å². The Bertz CT molecular complexity index is 1010. The number of rotatable bonds is 3. The summed E-state index contributed by atoms with van der Waals surface area (Å²) in [5, 5.41) is 0.00681. The molecule has 132 valence electrons. The number of H-pyrrole nitrogens is 1. The molecule has 3 rings (SSSR count). The molecule has 10 heteroatoms. The van der Waals surface area contributed by atoms with Crippen LogP contribution in [-0.4, -0.2) is 22.1 Å². The number of aromatic nitrogens is 2. The van der Waals surface area contributed by atoms with Crippen molar-refractivity contribution in [2.75, 3.05) is 17.2 Å². The number of fused-ring (bicyclic) bond motifs is 1. The Morgan fingerprint density at radius 2 is 2.08 bits per heavy atom. The van der Waals surface area contributed by atoms with Gasteiger partial charge in [0.1, 0.15) is 0 Å². The monoisotopic (exact) mass is 387 g/mol. The average Bonchev–Trinajstić information content (AvgIpc) is 2.57. The molecule has 0 spiro atoms. The second kappa shape index (κ2) is 6.72. The number of benzene rings is 1. The van der Waals surface area contributed by atoms with Crippen LogP contribution in [-0.2, 0) is 6.18 Å². The summed E-state index contributed by atoms with van der Waals surface area (Å²) in [4.78, 5) is 29.2. The first-order valence-corrected chi connectivity index (χ1v) is 9.63. The first kappa shape index (κ1) is 17.8. The molecule has 2 aromatic rings. The highest BCUT2D eigenvalue weighted by Crippen LogP contribution is 2.39. The molecule has 1 unspecified atom stereocenters. The Morgan fingerprint density at radius 1 is 1.32 bits per heavy atom. The molecular weight excluding hydrogens is 374 g/mol. The number of allylic oxidation sites excluding steroid dienone is 3. The number of hydrogen-bond acceptors (Lipinski definition) is 4. The summed E-state index contributed by atoms with van der Waals surface area (Å²) in [6.07, 6.45) is 1.22. The molecule has 5 nitrogen and oxygen atoms in total. The van der Waals surface area contributed by atoms with Crippen molar-refractivity contribution < 1.29 is 13.2 Å². The van der Waals surface area contributed by atoms with E-state index >= 15 is 0 Å². The lowest BCUT2D eigenvalue weighted by Gasteiger charge is -2.17. The van der Waals surface area contributed by atoms with Crippen LogP contribution in [0.4, 0.5) is 13.2 Å². The first-order valence-electron chi connectivity index (χ1n) is 7.12. The smallest absolute Gasteiger partial charge is 0.305 e. The normalized spacial score (nSPS) is 15.6. The van der Waals surface area contributed by atoms with Crippen LogP contribution in [0.1, 0.15) is 11.1 Å². The van der Waals surface area contributed by atoms with Gasteiger partial charge in [-0.25, -0.2) is 4.79 Å². The molecule has 25 heavy (non-hydrogen) atoms. The lowest BCUT2D eigenvalue weighted by Crippen LogP contribution is -2.39. The average molecular weight is 387 g/mol. The molecule has 0 bridgehead atoms. The topological polar surface area (TPSA) is 66.9 Å². The molecule has 1 aromatic carbocycles. The third kappa shape index (κ3) is 3.39. The van der Waals surface area contributed by atoms with Gasteiger partial charge in [-0.2, -0.15) is 17.8 Å². The highest BCUT2D eigenvalue weighted by molar-refractivity contribution is 7.99. The summed E-state index contributed by atoms with van der Waals surface area (Å²) >= 11 is 1.02. The Morgan fingerprint density at radius 3 is 2.68 bits per heavy atom. The van der Waals surface area contributed by atoms with E-state index in [9.17, 15) is 22.8 Å². The largest absolute Gasteiger partial charge is 0.417 e. The van der Waals surface area contributed by atoms with Crippen molar-refractivity contribution in [2.24, 2.45) is 0 Å². The third-order valence-corrected chi connectivity index (χ3v) is 4.98. The van der Waals surface area contributed by atoms with Gasteiger partial charge in [-0.05, 0) is 41.4 Å². The van der Waals surface area contributed by atoms with E-state index < -0.39 is 23.0 Å². The Kier molecular flexibility index (Phi) is 4.79. The Hall–Kier alpha value is -1.99. The van der Waals surface area contributed by atoms with Crippen molar-refractivity contribution in [1.82, 2.24) is 9.66 Å². The van der Waals surface area contributed by atoms with Gasteiger partial charge in [0.2, 0.25) is 0 Å². The van der Waals surface area contributed by atoms with Crippen LogP contribution in [0.3, 0.4) is 0 Å². The predicted molar refractivity (Wildman–Crippen MR) is 97.0 cm³/mol. The van der Waals surface area contributed by atoms with Crippen LogP contribution < -0.4 is 16.1 Å². The van der Waals surface area contributed by atoms with Gasteiger partial charge in [0, 0.05) is 6.26 Å².